The van der Waals surface area contributed by atoms with Gasteiger partial charge in [0.05, 0.1) is 11.1 Å². The number of nitrogens with one attached hydrogen (secondary N) is 1. The molecule has 0 spiro atoms. The molecule has 128 valence electrons. The lowest BCUT2D eigenvalue weighted by atomic mass is 10.1. The van der Waals surface area contributed by atoms with Crippen molar-refractivity contribution in [1.29, 1.82) is 0 Å². The van der Waals surface area contributed by atoms with Gasteiger partial charge < -0.3 is 10.1 Å². The first-order valence-electron chi connectivity index (χ1n) is 7.82. The first-order valence-corrected chi connectivity index (χ1v) is 8.64. The summed E-state index contributed by atoms with van der Waals surface area (Å²) < 4.78 is 0. The number of aromatic nitrogens is 3. The molecule has 0 aliphatic carbocycles. The van der Waals surface area contributed by atoms with Gasteiger partial charge in [-0.1, -0.05) is 24.3 Å². The predicted octanol–water partition coefficient (Wildman–Crippen LogP) is 3.71. The molecule has 4 aromatic rings. The molecule has 0 aliphatic heterocycles. The van der Waals surface area contributed by atoms with E-state index in [-0.39, 0.29) is 10.4 Å². The van der Waals surface area contributed by atoms with Gasteiger partial charge in [0.15, 0.2) is 0 Å². The van der Waals surface area contributed by atoms with Crippen LogP contribution in [0.1, 0.15) is 26.8 Å². The van der Waals surface area contributed by atoms with Gasteiger partial charge in [0.25, 0.3) is 5.56 Å². The van der Waals surface area contributed by atoms with Gasteiger partial charge in [0.2, 0.25) is 0 Å². The Morgan fingerprint density at radius 3 is 2.77 bits per heavy atom. The summed E-state index contributed by atoms with van der Waals surface area (Å²) in [5.41, 5.74) is 0.834. The summed E-state index contributed by atoms with van der Waals surface area (Å²) in [4.78, 5) is 35.5. The molecular weight excluding hydrogens is 350 g/mol. The predicted molar refractivity (Wildman–Crippen MR) is 103 cm³/mol. The smallest absolute Gasteiger partial charge is 0.346 e. The first-order chi connectivity index (χ1) is 12.5. The van der Waals surface area contributed by atoms with Crippen LogP contribution in [0.4, 0.5) is 0 Å². The van der Waals surface area contributed by atoms with E-state index in [1.807, 2.05) is 30.3 Å². The van der Waals surface area contributed by atoms with Crippen LogP contribution in [-0.2, 0) is 0 Å². The second-order valence-electron chi connectivity index (χ2n) is 5.78. The Morgan fingerprint density at radius 2 is 2.00 bits per heavy atom. The average molecular weight is 363 g/mol. The summed E-state index contributed by atoms with van der Waals surface area (Å²) in [5.74, 6) is -0.696. The van der Waals surface area contributed by atoms with Crippen molar-refractivity contribution in [3.05, 3.63) is 68.8 Å². The third kappa shape index (κ3) is 2.78. The quantitative estimate of drug-likeness (QED) is 0.578. The topological polar surface area (TPSA) is 95.9 Å². The molecule has 0 radical (unpaired) electrons. The van der Waals surface area contributed by atoms with Crippen molar-refractivity contribution in [3.63, 3.8) is 0 Å². The number of benzene rings is 1. The minimum atomic E-state index is -1.05. The molecule has 2 N–H and O–H groups in total. The summed E-state index contributed by atoms with van der Waals surface area (Å²) >= 11 is 1.00. The van der Waals surface area contributed by atoms with Crippen LogP contribution in [0.2, 0.25) is 0 Å². The number of hydrogen-bond acceptors (Lipinski definition) is 5. The molecule has 26 heavy (non-hydrogen) atoms. The summed E-state index contributed by atoms with van der Waals surface area (Å²) in [6, 6.07) is 9.85. The van der Waals surface area contributed by atoms with Crippen molar-refractivity contribution in [2.75, 3.05) is 0 Å². The van der Waals surface area contributed by atoms with Gasteiger partial charge in [-0.05, 0) is 36.1 Å². The SMILES string of the molecule is Cc1c(C(=O)O)sc2nc(/C=C/c3cc4ccccc4cn3)[nH]c(=O)c12. The average Bonchev–Trinajstić information content (AvgIpc) is 2.97. The Bertz CT molecular complexity index is 1250. The maximum absolute atomic E-state index is 12.3. The highest BCUT2D eigenvalue weighted by Gasteiger charge is 2.18. The maximum atomic E-state index is 12.3. The minimum Gasteiger partial charge on any atom is -0.477 e. The lowest BCUT2D eigenvalue weighted by Crippen LogP contribution is -2.09. The van der Waals surface area contributed by atoms with E-state index in [1.165, 1.54) is 0 Å². The van der Waals surface area contributed by atoms with Gasteiger partial charge in [-0.2, -0.15) is 0 Å². The summed E-state index contributed by atoms with van der Waals surface area (Å²) in [6.07, 6.45) is 5.21. The lowest BCUT2D eigenvalue weighted by Gasteiger charge is -1.99. The largest absolute Gasteiger partial charge is 0.477 e. The monoisotopic (exact) mass is 363 g/mol. The van der Waals surface area contributed by atoms with Gasteiger partial charge in [0, 0.05) is 11.6 Å². The van der Waals surface area contributed by atoms with Gasteiger partial charge in [0.1, 0.15) is 15.5 Å². The van der Waals surface area contributed by atoms with Crippen molar-refractivity contribution in [2.24, 2.45) is 0 Å². The van der Waals surface area contributed by atoms with Gasteiger partial charge >= 0.3 is 5.97 Å². The van der Waals surface area contributed by atoms with Crippen LogP contribution in [0.25, 0.3) is 33.1 Å². The van der Waals surface area contributed by atoms with Crippen LogP contribution in [-0.4, -0.2) is 26.0 Å². The lowest BCUT2D eigenvalue weighted by molar-refractivity contribution is 0.0701. The van der Waals surface area contributed by atoms with Crippen molar-refractivity contribution in [2.45, 2.75) is 6.92 Å². The number of carboxylic acids is 1. The zero-order valence-corrected chi connectivity index (χ0v) is 14.5. The van der Waals surface area contributed by atoms with E-state index in [0.29, 0.717) is 21.6 Å². The Labute approximate surface area is 151 Å². The van der Waals surface area contributed by atoms with E-state index in [9.17, 15) is 14.7 Å². The van der Waals surface area contributed by atoms with E-state index in [2.05, 4.69) is 15.0 Å². The number of carboxylic acid groups (broad SMARTS) is 1. The van der Waals surface area contributed by atoms with Crippen LogP contribution in [0, 0.1) is 6.92 Å². The number of carbonyl (C=O) groups is 1. The van der Waals surface area contributed by atoms with Crippen molar-refractivity contribution < 1.29 is 9.90 Å². The van der Waals surface area contributed by atoms with Crippen LogP contribution < -0.4 is 5.56 Å². The molecule has 0 saturated carbocycles. The third-order valence-electron chi connectivity index (χ3n) is 4.08. The van der Waals surface area contributed by atoms with Crippen molar-refractivity contribution in [3.8, 4) is 0 Å². The first kappa shape index (κ1) is 16.2. The second-order valence-corrected chi connectivity index (χ2v) is 6.78. The number of thiophene rings is 1. The van der Waals surface area contributed by atoms with Gasteiger partial charge in [-0.15, -0.1) is 11.3 Å². The fourth-order valence-corrected chi connectivity index (χ4v) is 3.83. The van der Waals surface area contributed by atoms with Crippen molar-refractivity contribution in [1.82, 2.24) is 15.0 Å². The normalized spacial score (nSPS) is 11.6. The van der Waals surface area contributed by atoms with Gasteiger partial charge in [-0.3, -0.25) is 9.78 Å². The van der Waals surface area contributed by atoms with Crippen LogP contribution in [0.15, 0.2) is 41.3 Å². The van der Waals surface area contributed by atoms with Crippen LogP contribution in [0.3, 0.4) is 0 Å². The molecular formula is C19H13N3O3S. The molecule has 7 heteroatoms. The third-order valence-corrected chi connectivity index (χ3v) is 5.25. The van der Waals surface area contributed by atoms with E-state index in [4.69, 9.17) is 0 Å². The van der Waals surface area contributed by atoms with E-state index in [0.717, 1.165) is 27.8 Å². The Hall–Kier alpha value is -3.32. The summed E-state index contributed by atoms with van der Waals surface area (Å²) in [7, 11) is 0. The highest BCUT2D eigenvalue weighted by atomic mass is 32.1. The standard InChI is InChI=1S/C19H13N3O3S/c1-10-15-17(23)21-14(22-18(15)26-16(10)19(24)25)7-6-13-8-11-4-2-3-5-12(11)9-20-13/h2-9H,1H3,(H,24,25)(H,21,22,23)/b7-6+. The molecule has 6 nitrogen and oxygen atoms in total. The molecule has 3 heterocycles. The minimum absolute atomic E-state index is 0.135. The highest BCUT2D eigenvalue weighted by Crippen LogP contribution is 2.27. The number of aromatic amines is 1. The number of hydrogen-bond donors (Lipinski definition) is 2. The Morgan fingerprint density at radius 1 is 1.23 bits per heavy atom. The molecule has 3 aromatic heterocycles. The number of aryl methyl sites for hydroxylation is 1. The van der Waals surface area contributed by atoms with Crippen LogP contribution >= 0.6 is 11.3 Å². The number of H-pyrrole nitrogens is 1. The maximum Gasteiger partial charge on any atom is 0.346 e. The molecule has 0 fully saturated rings. The Balaban J connectivity index is 1.75. The number of rotatable bonds is 3. The summed E-state index contributed by atoms with van der Waals surface area (Å²) in [5, 5.41) is 11.7. The second kappa shape index (κ2) is 6.20. The van der Waals surface area contributed by atoms with E-state index >= 15 is 0 Å². The summed E-state index contributed by atoms with van der Waals surface area (Å²) in [6.45, 7) is 1.62. The molecule has 0 saturated heterocycles. The fraction of sp³-hybridized carbons (Fsp3) is 0.0526. The zero-order valence-electron chi connectivity index (χ0n) is 13.7. The van der Waals surface area contributed by atoms with Gasteiger partial charge in [-0.25, -0.2) is 9.78 Å². The fourth-order valence-electron chi connectivity index (χ4n) is 2.80. The van der Waals surface area contributed by atoms with E-state index in [1.54, 1.807) is 25.3 Å². The van der Waals surface area contributed by atoms with Crippen LogP contribution in [0.5, 0.6) is 0 Å². The molecule has 0 aliphatic rings. The number of nitrogens with zero attached hydrogens (tertiary/aromatic N) is 2. The highest BCUT2D eigenvalue weighted by molar-refractivity contribution is 7.20. The number of pyridine rings is 1. The molecule has 1 aromatic carbocycles. The molecule has 0 atom stereocenters. The van der Waals surface area contributed by atoms with Crippen molar-refractivity contribution >= 4 is 50.4 Å². The zero-order chi connectivity index (χ0) is 18.3. The Kier molecular flexibility index (Phi) is 3.85. The molecule has 0 amide bonds. The molecule has 4 rings (SSSR count). The molecule has 0 bridgehead atoms. The molecule has 0 unspecified atom stereocenters. The number of aromatic carboxylic acids is 1. The van der Waals surface area contributed by atoms with E-state index < -0.39 is 5.97 Å². The number of fused-ring (bicyclic) bond motifs is 2.